The monoisotopic (exact) mass is 272 g/mol. The fraction of sp³-hybridized carbons (Fsp3) is 0.727. The van der Waals surface area contributed by atoms with Gasteiger partial charge in [-0.2, -0.15) is 5.10 Å². The second-order valence-corrected chi connectivity index (χ2v) is 6.97. The first kappa shape index (κ1) is 13.5. The SMILES string of the molecule is CC1(CNS(=O)(=O)c2[nH]ncc2CN)CCCC1. The first-order valence-electron chi connectivity index (χ1n) is 6.19. The minimum Gasteiger partial charge on any atom is -0.326 e. The van der Waals surface area contributed by atoms with Crippen LogP contribution in [0.3, 0.4) is 0 Å². The third kappa shape index (κ3) is 2.73. The maximum atomic E-state index is 12.1. The molecule has 0 amide bonds. The molecule has 6 nitrogen and oxygen atoms in total. The van der Waals surface area contributed by atoms with E-state index in [0.717, 1.165) is 12.8 Å². The molecule has 0 bridgehead atoms. The molecular weight excluding hydrogens is 252 g/mol. The molecular formula is C11H20N4O2S. The molecule has 0 aromatic carbocycles. The van der Waals surface area contributed by atoms with E-state index in [-0.39, 0.29) is 17.0 Å². The van der Waals surface area contributed by atoms with Gasteiger partial charge < -0.3 is 5.73 Å². The van der Waals surface area contributed by atoms with E-state index in [1.165, 1.54) is 19.0 Å². The highest BCUT2D eigenvalue weighted by atomic mass is 32.2. The molecule has 0 spiro atoms. The first-order chi connectivity index (χ1) is 8.47. The van der Waals surface area contributed by atoms with Gasteiger partial charge in [0, 0.05) is 18.7 Å². The van der Waals surface area contributed by atoms with Crippen LogP contribution in [0.1, 0.15) is 38.2 Å². The number of hydrogen-bond donors (Lipinski definition) is 3. The third-order valence-electron chi connectivity index (χ3n) is 3.67. The second-order valence-electron chi connectivity index (χ2n) is 5.27. The van der Waals surface area contributed by atoms with E-state index in [9.17, 15) is 8.42 Å². The zero-order chi connectivity index (χ0) is 13.2. The Morgan fingerprint density at radius 3 is 2.78 bits per heavy atom. The van der Waals surface area contributed by atoms with E-state index in [2.05, 4.69) is 21.8 Å². The van der Waals surface area contributed by atoms with E-state index >= 15 is 0 Å². The highest BCUT2D eigenvalue weighted by molar-refractivity contribution is 7.89. The number of nitrogens with two attached hydrogens (primary N) is 1. The van der Waals surface area contributed by atoms with Crippen molar-refractivity contribution in [2.75, 3.05) is 6.54 Å². The Morgan fingerprint density at radius 2 is 2.17 bits per heavy atom. The summed E-state index contributed by atoms with van der Waals surface area (Å²) < 4.78 is 26.9. The predicted molar refractivity (Wildman–Crippen MR) is 68.2 cm³/mol. The lowest BCUT2D eigenvalue weighted by molar-refractivity contribution is 0.336. The number of nitrogens with one attached hydrogen (secondary N) is 2. The number of rotatable bonds is 5. The maximum Gasteiger partial charge on any atom is 0.257 e. The van der Waals surface area contributed by atoms with Crippen LogP contribution in [0.25, 0.3) is 0 Å². The van der Waals surface area contributed by atoms with E-state index in [4.69, 9.17) is 5.73 Å². The molecule has 0 unspecified atom stereocenters. The Kier molecular flexibility index (Phi) is 3.74. The molecule has 102 valence electrons. The second kappa shape index (κ2) is 4.99. The van der Waals surface area contributed by atoms with Gasteiger partial charge in [-0.3, -0.25) is 5.10 Å². The number of aromatic nitrogens is 2. The summed E-state index contributed by atoms with van der Waals surface area (Å²) in [6.45, 7) is 2.75. The zero-order valence-corrected chi connectivity index (χ0v) is 11.4. The highest BCUT2D eigenvalue weighted by Gasteiger charge is 2.31. The molecule has 0 aliphatic heterocycles. The molecule has 2 rings (SSSR count). The molecule has 18 heavy (non-hydrogen) atoms. The quantitative estimate of drug-likeness (QED) is 0.735. The predicted octanol–water partition coefficient (Wildman–Crippen LogP) is 0.727. The van der Waals surface area contributed by atoms with Crippen LogP contribution < -0.4 is 10.5 Å². The number of hydrogen-bond acceptors (Lipinski definition) is 4. The lowest BCUT2D eigenvalue weighted by Gasteiger charge is -2.23. The summed E-state index contributed by atoms with van der Waals surface area (Å²) >= 11 is 0. The summed E-state index contributed by atoms with van der Waals surface area (Å²) in [6.07, 6.45) is 5.95. The van der Waals surface area contributed by atoms with Gasteiger partial charge in [0.15, 0.2) is 5.03 Å². The van der Waals surface area contributed by atoms with E-state index < -0.39 is 10.0 Å². The lowest BCUT2D eigenvalue weighted by atomic mass is 9.89. The molecule has 7 heteroatoms. The van der Waals surface area contributed by atoms with Crippen molar-refractivity contribution in [3.05, 3.63) is 11.8 Å². The van der Waals surface area contributed by atoms with E-state index in [0.29, 0.717) is 12.1 Å². The number of H-pyrrole nitrogens is 1. The van der Waals surface area contributed by atoms with Crippen molar-refractivity contribution in [2.45, 2.75) is 44.2 Å². The van der Waals surface area contributed by atoms with E-state index in [1.54, 1.807) is 0 Å². The van der Waals surface area contributed by atoms with Crippen molar-refractivity contribution >= 4 is 10.0 Å². The lowest BCUT2D eigenvalue weighted by Crippen LogP contribution is -2.34. The number of nitrogens with zero attached hydrogens (tertiary/aromatic N) is 1. The molecule has 4 N–H and O–H groups in total. The van der Waals surface area contributed by atoms with Crippen LogP contribution in [0.15, 0.2) is 11.2 Å². The van der Waals surface area contributed by atoms with E-state index in [1.807, 2.05) is 0 Å². The summed E-state index contributed by atoms with van der Waals surface area (Å²) in [7, 11) is -3.53. The van der Waals surface area contributed by atoms with Crippen molar-refractivity contribution < 1.29 is 8.42 Å². The summed E-state index contributed by atoms with van der Waals surface area (Å²) in [5, 5.41) is 6.33. The summed E-state index contributed by atoms with van der Waals surface area (Å²) in [6, 6.07) is 0. The van der Waals surface area contributed by atoms with Crippen molar-refractivity contribution in [3.8, 4) is 0 Å². The van der Waals surface area contributed by atoms with Gasteiger partial charge in [-0.05, 0) is 18.3 Å². The molecule has 1 aliphatic rings. The molecule has 1 aliphatic carbocycles. The summed E-state index contributed by atoms with van der Waals surface area (Å²) in [4.78, 5) is 0. The Labute approximate surface area is 107 Å². The Morgan fingerprint density at radius 1 is 1.50 bits per heavy atom. The van der Waals surface area contributed by atoms with Gasteiger partial charge in [0.2, 0.25) is 0 Å². The molecule has 1 aromatic heterocycles. The highest BCUT2D eigenvalue weighted by Crippen LogP contribution is 2.36. The minimum atomic E-state index is -3.53. The number of aromatic amines is 1. The average molecular weight is 272 g/mol. The fourth-order valence-electron chi connectivity index (χ4n) is 2.42. The van der Waals surface area contributed by atoms with Crippen molar-refractivity contribution in [2.24, 2.45) is 11.1 Å². The van der Waals surface area contributed by atoms with Gasteiger partial charge in [-0.15, -0.1) is 0 Å². The Balaban J connectivity index is 2.08. The van der Waals surface area contributed by atoms with Crippen LogP contribution in [0.5, 0.6) is 0 Å². The molecule has 1 saturated carbocycles. The van der Waals surface area contributed by atoms with Crippen LogP contribution in [0.4, 0.5) is 0 Å². The Hall–Kier alpha value is -0.920. The normalized spacial score (nSPS) is 19.2. The van der Waals surface area contributed by atoms with Gasteiger partial charge in [0.05, 0.1) is 6.20 Å². The van der Waals surface area contributed by atoms with Crippen LogP contribution >= 0.6 is 0 Å². The van der Waals surface area contributed by atoms with Crippen LogP contribution in [0.2, 0.25) is 0 Å². The zero-order valence-electron chi connectivity index (χ0n) is 10.6. The molecule has 0 saturated heterocycles. The van der Waals surface area contributed by atoms with Gasteiger partial charge in [-0.25, -0.2) is 13.1 Å². The van der Waals surface area contributed by atoms with Gasteiger partial charge in [0.25, 0.3) is 10.0 Å². The topological polar surface area (TPSA) is 101 Å². The standard InChI is InChI=1S/C11H20N4O2S/c1-11(4-2-3-5-11)8-14-18(16,17)10-9(6-12)7-13-15-10/h7,14H,2-6,8,12H2,1H3,(H,13,15). The number of sulfonamides is 1. The van der Waals surface area contributed by atoms with Crippen LogP contribution in [-0.4, -0.2) is 25.2 Å². The van der Waals surface area contributed by atoms with Gasteiger partial charge >= 0.3 is 0 Å². The molecule has 1 heterocycles. The van der Waals surface area contributed by atoms with Crippen LogP contribution in [-0.2, 0) is 16.6 Å². The third-order valence-corrected chi connectivity index (χ3v) is 5.08. The summed E-state index contributed by atoms with van der Waals surface area (Å²) in [5.74, 6) is 0. The van der Waals surface area contributed by atoms with Gasteiger partial charge in [0.1, 0.15) is 0 Å². The molecule has 0 radical (unpaired) electrons. The minimum absolute atomic E-state index is 0.0793. The fourth-order valence-corrected chi connectivity index (χ4v) is 3.76. The molecule has 0 atom stereocenters. The average Bonchev–Trinajstić information content (AvgIpc) is 2.96. The maximum absolute atomic E-state index is 12.1. The first-order valence-corrected chi connectivity index (χ1v) is 7.67. The van der Waals surface area contributed by atoms with Crippen molar-refractivity contribution in [1.82, 2.24) is 14.9 Å². The smallest absolute Gasteiger partial charge is 0.257 e. The molecule has 1 fully saturated rings. The Bertz CT molecular complexity index is 503. The van der Waals surface area contributed by atoms with Gasteiger partial charge in [-0.1, -0.05) is 19.8 Å². The largest absolute Gasteiger partial charge is 0.326 e. The molecule has 1 aromatic rings. The van der Waals surface area contributed by atoms with Crippen molar-refractivity contribution in [3.63, 3.8) is 0 Å². The van der Waals surface area contributed by atoms with Crippen LogP contribution in [0, 0.1) is 5.41 Å². The summed E-state index contributed by atoms with van der Waals surface area (Å²) in [5.41, 5.74) is 6.08. The van der Waals surface area contributed by atoms with Crippen molar-refractivity contribution in [1.29, 1.82) is 0 Å².